The van der Waals surface area contributed by atoms with Crippen molar-refractivity contribution >= 4 is 11.8 Å². The molecule has 0 aromatic heterocycles. The van der Waals surface area contributed by atoms with E-state index >= 15 is 0 Å². The molecular weight excluding hydrogens is 180 g/mol. The highest BCUT2D eigenvalue weighted by Gasteiger charge is 2.48. The molecule has 0 bridgehead atoms. The van der Waals surface area contributed by atoms with Gasteiger partial charge in [0.25, 0.3) is 0 Å². The average molecular weight is 194 g/mol. The molecule has 0 aromatic carbocycles. The van der Waals surface area contributed by atoms with Gasteiger partial charge in [0, 0.05) is 14.1 Å². The number of hydrogen-bond donors (Lipinski definition) is 0. The number of imide groups is 1. The topological polar surface area (TPSA) is 40.6 Å². The normalized spacial score (nSPS) is 31.5. The summed E-state index contributed by atoms with van der Waals surface area (Å²) >= 11 is 0. The van der Waals surface area contributed by atoms with Crippen molar-refractivity contribution in [1.29, 1.82) is 0 Å². The van der Waals surface area contributed by atoms with E-state index in [2.05, 4.69) is 0 Å². The SMILES string of the molecule is CN(C)N1C(=O)C2CC=CCC2C1=O. The summed E-state index contributed by atoms with van der Waals surface area (Å²) in [5.74, 6) is -0.325. The zero-order valence-corrected chi connectivity index (χ0v) is 8.43. The number of allylic oxidation sites excluding steroid dienone is 2. The summed E-state index contributed by atoms with van der Waals surface area (Å²) < 4.78 is 0. The van der Waals surface area contributed by atoms with E-state index in [0.717, 1.165) is 0 Å². The van der Waals surface area contributed by atoms with E-state index in [4.69, 9.17) is 0 Å². The second-order valence-electron chi connectivity index (χ2n) is 3.99. The Morgan fingerprint density at radius 2 is 1.57 bits per heavy atom. The van der Waals surface area contributed by atoms with E-state index in [9.17, 15) is 9.59 Å². The molecule has 2 amide bonds. The summed E-state index contributed by atoms with van der Waals surface area (Å²) in [5, 5.41) is 2.84. The lowest BCUT2D eigenvalue weighted by Gasteiger charge is -2.21. The van der Waals surface area contributed by atoms with E-state index in [1.165, 1.54) is 5.01 Å². The lowest BCUT2D eigenvalue weighted by molar-refractivity contribution is -0.154. The van der Waals surface area contributed by atoms with Gasteiger partial charge in [0.05, 0.1) is 11.8 Å². The molecule has 4 nitrogen and oxygen atoms in total. The highest BCUT2D eigenvalue weighted by molar-refractivity contribution is 6.04. The second-order valence-corrected chi connectivity index (χ2v) is 3.99. The first-order valence-electron chi connectivity index (χ1n) is 4.83. The number of carbonyl (C=O) groups excluding carboxylic acids is 2. The first kappa shape index (κ1) is 9.40. The Bertz CT molecular complexity index is 283. The van der Waals surface area contributed by atoms with Crippen molar-refractivity contribution < 1.29 is 9.59 Å². The Labute approximate surface area is 83.1 Å². The fourth-order valence-corrected chi connectivity index (χ4v) is 2.18. The third-order valence-electron chi connectivity index (χ3n) is 2.88. The molecule has 2 unspecified atom stereocenters. The first-order valence-corrected chi connectivity index (χ1v) is 4.83. The van der Waals surface area contributed by atoms with Gasteiger partial charge >= 0.3 is 0 Å². The van der Waals surface area contributed by atoms with Gasteiger partial charge in [0.1, 0.15) is 0 Å². The van der Waals surface area contributed by atoms with Crippen LogP contribution in [-0.4, -0.2) is 35.9 Å². The molecule has 0 aromatic rings. The molecule has 0 saturated carbocycles. The zero-order valence-electron chi connectivity index (χ0n) is 8.43. The molecule has 0 spiro atoms. The molecule has 2 atom stereocenters. The molecule has 0 radical (unpaired) electrons. The van der Waals surface area contributed by atoms with Crippen molar-refractivity contribution in [3.8, 4) is 0 Å². The molecule has 2 rings (SSSR count). The van der Waals surface area contributed by atoms with Gasteiger partial charge in [-0.05, 0) is 12.8 Å². The largest absolute Gasteiger partial charge is 0.273 e. The van der Waals surface area contributed by atoms with Crippen LogP contribution in [0.5, 0.6) is 0 Å². The zero-order chi connectivity index (χ0) is 10.3. The second kappa shape index (κ2) is 3.20. The predicted molar refractivity (Wildman–Crippen MR) is 50.9 cm³/mol. The van der Waals surface area contributed by atoms with Gasteiger partial charge in [-0.3, -0.25) is 9.59 Å². The number of hydrogen-bond acceptors (Lipinski definition) is 3. The van der Waals surface area contributed by atoms with Gasteiger partial charge in [0.2, 0.25) is 11.8 Å². The van der Waals surface area contributed by atoms with Crippen LogP contribution in [0.25, 0.3) is 0 Å². The maximum absolute atomic E-state index is 11.8. The summed E-state index contributed by atoms with van der Waals surface area (Å²) in [7, 11) is 3.45. The molecule has 1 aliphatic heterocycles. The molecule has 1 heterocycles. The van der Waals surface area contributed by atoms with Crippen LogP contribution < -0.4 is 0 Å². The van der Waals surface area contributed by atoms with E-state index in [0.29, 0.717) is 12.8 Å². The van der Waals surface area contributed by atoms with E-state index in [1.54, 1.807) is 19.1 Å². The number of carbonyl (C=O) groups is 2. The number of amides is 2. The Kier molecular flexibility index (Phi) is 2.15. The highest BCUT2D eigenvalue weighted by Crippen LogP contribution is 2.35. The maximum atomic E-state index is 11.8. The van der Waals surface area contributed by atoms with Crippen LogP contribution in [0.2, 0.25) is 0 Å². The van der Waals surface area contributed by atoms with E-state index in [-0.39, 0.29) is 23.7 Å². The van der Waals surface area contributed by atoms with Crippen LogP contribution in [0.3, 0.4) is 0 Å². The molecule has 2 aliphatic rings. The van der Waals surface area contributed by atoms with Crippen LogP contribution in [0.1, 0.15) is 12.8 Å². The Hall–Kier alpha value is -1.16. The standard InChI is InChI=1S/C10H14N2O2/c1-11(2)12-9(13)7-5-3-4-6-8(7)10(12)14/h3-4,7-8H,5-6H2,1-2H3. The van der Waals surface area contributed by atoms with Gasteiger partial charge in [-0.2, -0.15) is 0 Å². The monoisotopic (exact) mass is 194 g/mol. The predicted octanol–water partition coefficient (Wildman–Crippen LogP) is 0.414. The molecule has 1 fully saturated rings. The Morgan fingerprint density at radius 1 is 1.14 bits per heavy atom. The fraction of sp³-hybridized carbons (Fsp3) is 0.600. The third kappa shape index (κ3) is 1.18. The molecule has 76 valence electrons. The summed E-state index contributed by atoms with van der Waals surface area (Å²) in [6, 6.07) is 0. The summed E-state index contributed by atoms with van der Waals surface area (Å²) in [6.45, 7) is 0. The van der Waals surface area contributed by atoms with Crippen molar-refractivity contribution in [2.45, 2.75) is 12.8 Å². The molecular formula is C10H14N2O2. The van der Waals surface area contributed by atoms with E-state index in [1.807, 2.05) is 12.2 Å². The van der Waals surface area contributed by atoms with Crippen molar-refractivity contribution in [1.82, 2.24) is 10.0 Å². The van der Waals surface area contributed by atoms with E-state index < -0.39 is 0 Å². The number of nitrogens with zero attached hydrogens (tertiary/aromatic N) is 2. The van der Waals surface area contributed by atoms with Gasteiger partial charge < -0.3 is 0 Å². The number of hydrazine groups is 1. The molecule has 0 N–H and O–H groups in total. The van der Waals surface area contributed by atoms with Crippen LogP contribution in [0.15, 0.2) is 12.2 Å². The van der Waals surface area contributed by atoms with Crippen LogP contribution in [0, 0.1) is 11.8 Å². The molecule has 14 heavy (non-hydrogen) atoms. The average Bonchev–Trinajstić information content (AvgIpc) is 2.41. The van der Waals surface area contributed by atoms with Crippen molar-refractivity contribution in [2.24, 2.45) is 11.8 Å². The molecule has 1 saturated heterocycles. The first-order chi connectivity index (χ1) is 6.63. The lowest BCUT2D eigenvalue weighted by atomic mass is 9.85. The fourth-order valence-electron chi connectivity index (χ4n) is 2.18. The lowest BCUT2D eigenvalue weighted by Crippen LogP contribution is -2.42. The minimum atomic E-state index is -0.116. The minimum absolute atomic E-state index is 0.0469. The van der Waals surface area contributed by atoms with Crippen LogP contribution in [-0.2, 0) is 9.59 Å². The Balaban J connectivity index is 2.28. The van der Waals surface area contributed by atoms with Gasteiger partial charge in [0.15, 0.2) is 0 Å². The summed E-state index contributed by atoms with van der Waals surface area (Å²) in [6.07, 6.45) is 5.40. The molecule has 1 aliphatic carbocycles. The van der Waals surface area contributed by atoms with Crippen molar-refractivity contribution in [3.63, 3.8) is 0 Å². The maximum Gasteiger partial charge on any atom is 0.248 e. The molecule has 4 heteroatoms. The number of fused-ring (bicyclic) bond motifs is 1. The van der Waals surface area contributed by atoms with Gasteiger partial charge in [-0.1, -0.05) is 12.2 Å². The van der Waals surface area contributed by atoms with Crippen LogP contribution >= 0.6 is 0 Å². The summed E-state index contributed by atoms with van der Waals surface area (Å²) in [5.41, 5.74) is 0. The van der Waals surface area contributed by atoms with Crippen LogP contribution in [0.4, 0.5) is 0 Å². The minimum Gasteiger partial charge on any atom is -0.273 e. The summed E-state index contributed by atoms with van der Waals surface area (Å²) in [4.78, 5) is 23.6. The Morgan fingerprint density at radius 3 is 1.93 bits per heavy atom. The number of rotatable bonds is 1. The van der Waals surface area contributed by atoms with Crippen molar-refractivity contribution in [3.05, 3.63) is 12.2 Å². The third-order valence-corrected chi connectivity index (χ3v) is 2.88. The quantitative estimate of drug-likeness (QED) is 0.448. The van der Waals surface area contributed by atoms with Crippen molar-refractivity contribution in [2.75, 3.05) is 14.1 Å². The highest BCUT2D eigenvalue weighted by atomic mass is 16.2. The van der Waals surface area contributed by atoms with Gasteiger partial charge in [-0.25, -0.2) is 10.0 Å². The van der Waals surface area contributed by atoms with Gasteiger partial charge in [-0.15, -0.1) is 0 Å². The smallest absolute Gasteiger partial charge is 0.248 e.